The molecule has 0 aromatic carbocycles. The van der Waals surface area contributed by atoms with Crippen LogP contribution in [0.1, 0.15) is 40.5 Å². The molecule has 0 bridgehead atoms. The van der Waals surface area contributed by atoms with Crippen LogP contribution in [0.5, 0.6) is 0 Å². The Hall–Kier alpha value is -1.34. The lowest BCUT2D eigenvalue weighted by Crippen LogP contribution is -2.41. The van der Waals surface area contributed by atoms with E-state index in [9.17, 15) is 0 Å². The summed E-state index contributed by atoms with van der Waals surface area (Å²) in [7, 11) is 1.42. The minimum atomic E-state index is -0.444. The Kier molecular flexibility index (Phi) is 3.81. The largest absolute Gasteiger partial charge is 0.500 e. The van der Waals surface area contributed by atoms with Gasteiger partial charge in [0.25, 0.3) is 0 Å². The highest BCUT2D eigenvalue weighted by Crippen LogP contribution is 2.36. The normalized spacial score (nSPS) is 23.1. The summed E-state index contributed by atoms with van der Waals surface area (Å²) >= 11 is 0. The van der Waals surface area contributed by atoms with Crippen molar-refractivity contribution in [3.05, 3.63) is 6.20 Å². The van der Waals surface area contributed by atoms with Gasteiger partial charge in [0.1, 0.15) is 5.82 Å². The van der Waals surface area contributed by atoms with Gasteiger partial charge in [-0.1, -0.05) is 0 Å². The van der Waals surface area contributed by atoms with Crippen molar-refractivity contribution < 1.29 is 9.31 Å². The molecule has 0 amide bonds. The standard InChI is InChI=1S/C15H25BN4O2/c1-14(2)15(3,4)22-16(21-14)11-10-18-13(19-12(11)17-5)20-8-6-7-9-20/h10H,6-9H2,1-5H3,(H,17,18,19). The molecule has 7 heteroatoms. The molecule has 1 N–H and O–H groups in total. The molecule has 3 rings (SSSR count). The molecule has 0 unspecified atom stereocenters. The van der Waals surface area contributed by atoms with Crippen LogP contribution in [0.25, 0.3) is 0 Å². The first-order valence-corrected chi connectivity index (χ1v) is 7.99. The van der Waals surface area contributed by atoms with Crippen LogP contribution in [-0.4, -0.2) is 48.4 Å². The smallest absolute Gasteiger partial charge is 0.399 e. The second-order valence-corrected chi connectivity index (χ2v) is 7.01. The van der Waals surface area contributed by atoms with Gasteiger partial charge in [-0.3, -0.25) is 0 Å². The quantitative estimate of drug-likeness (QED) is 0.852. The average molecular weight is 304 g/mol. The van der Waals surface area contributed by atoms with Gasteiger partial charge in [-0.05, 0) is 40.5 Å². The molecule has 2 fully saturated rings. The van der Waals surface area contributed by atoms with E-state index in [-0.39, 0.29) is 11.2 Å². The van der Waals surface area contributed by atoms with Gasteiger partial charge in [0.2, 0.25) is 5.95 Å². The minimum absolute atomic E-state index is 0.365. The molecule has 2 aliphatic rings. The fraction of sp³-hybridized carbons (Fsp3) is 0.733. The van der Waals surface area contributed by atoms with Gasteiger partial charge in [0, 0.05) is 31.8 Å². The minimum Gasteiger partial charge on any atom is -0.399 e. The molecule has 2 saturated heterocycles. The number of hydrogen-bond donors (Lipinski definition) is 1. The first kappa shape index (κ1) is 15.6. The van der Waals surface area contributed by atoms with Crippen LogP contribution in [-0.2, 0) is 9.31 Å². The van der Waals surface area contributed by atoms with E-state index in [0.29, 0.717) is 0 Å². The topological polar surface area (TPSA) is 59.5 Å². The Labute approximate surface area is 132 Å². The summed E-state index contributed by atoms with van der Waals surface area (Å²) in [6, 6.07) is 0. The van der Waals surface area contributed by atoms with E-state index >= 15 is 0 Å². The SMILES string of the molecule is CNc1nc(N2CCCC2)ncc1B1OC(C)(C)C(C)(C)O1. The van der Waals surface area contributed by atoms with E-state index in [1.165, 1.54) is 12.8 Å². The van der Waals surface area contributed by atoms with E-state index in [1.807, 2.05) is 40.9 Å². The van der Waals surface area contributed by atoms with Crippen LogP contribution in [0.15, 0.2) is 6.20 Å². The molecule has 2 aliphatic heterocycles. The van der Waals surface area contributed by atoms with Gasteiger partial charge in [-0.2, -0.15) is 4.98 Å². The molecule has 0 saturated carbocycles. The lowest BCUT2D eigenvalue weighted by Gasteiger charge is -2.32. The summed E-state index contributed by atoms with van der Waals surface area (Å²) in [4.78, 5) is 11.4. The molecule has 3 heterocycles. The Morgan fingerprint density at radius 3 is 2.27 bits per heavy atom. The lowest BCUT2D eigenvalue weighted by molar-refractivity contribution is 0.00578. The fourth-order valence-corrected chi connectivity index (χ4v) is 2.79. The van der Waals surface area contributed by atoms with E-state index in [4.69, 9.17) is 9.31 Å². The molecule has 1 aromatic rings. The Morgan fingerprint density at radius 2 is 1.73 bits per heavy atom. The zero-order valence-electron chi connectivity index (χ0n) is 14.1. The van der Waals surface area contributed by atoms with Gasteiger partial charge in [-0.15, -0.1) is 0 Å². The van der Waals surface area contributed by atoms with Gasteiger partial charge in [0.05, 0.1) is 11.2 Å². The summed E-state index contributed by atoms with van der Waals surface area (Å²) in [6.45, 7) is 10.2. The average Bonchev–Trinajstić information content (AvgIpc) is 3.05. The third-order valence-electron chi connectivity index (χ3n) is 4.94. The second-order valence-electron chi connectivity index (χ2n) is 7.01. The molecular formula is C15H25BN4O2. The van der Waals surface area contributed by atoms with Crippen molar-refractivity contribution in [1.29, 1.82) is 0 Å². The van der Waals surface area contributed by atoms with Crippen LogP contribution < -0.4 is 15.7 Å². The van der Waals surface area contributed by atoms with Crippen molar-refractivity contribution in [1.82, 2.24) is 9.97 Å². The zero-order valence-corrected chi connectivity index (χ0v) is 14.1. The summed E-state index contributed by atoms with van der Waals surface area (Å²) in [5, 5.41) is 3.15. The van der Waals surface area contributed by atoms with E-state index in [2.05, 4.69) is 20.2 Å². The predicted octanol–water partition coefficient (Wildman–Crippen LogP) is 1.42. The van der Waals surface area contributed by atoms with Gasteiger partial charge in [-0.25, -0.2) is 4.98 Å². The molecule has 0 aliphatic carbocycles. The number of rotatable bonds is 3. The monoisotopic (exact) mass is 304 g/mol. The van der Waals surface area contributed by atoms with Crippen LogP contribution >= 0.6 is 0 Å². The molecule has 1 aromatic heterocycles. The third kappa shape index (κ3) is 2.56. The Morgan fingerprint density at radius 1 is 1.14 bits per heavy atom. The molecule has 6 nitrogen and oxygen atoms in total. The Balaban J connectivity index is 1.88. The predicted molar refractivity (Wildman–Crippen MR) is 88.7 cm³/mol. The van der Waals surface area contributed by atoms with Gasteiger partial charge in [0.15, 0.2) is 0 Å². The highest BCUT2D eigenvalue weighted by atomic mass is 16.7. The van der Waals surface area contributed by atoms with Crippen LogP contribution in [0.2, 0.25) is 0 Å². The van der Waals surface area contributed by atoms with E-state index in [1.54, 1.807) is 0 Å². The highest BCUT2D eigenvalue weighted by Gasteiger charge is 2.52. The van der Waals surface area contributed by atoms with Crippen LogP contribution in [0.4, 0.5) is 11.8 Å². The molecule has 0 atom stereocenters. The number of anilines is 2. The molecule has 120 valence electrons. The fourth-order valence-electron chi connectivity index (χ4n) is 2.79. The van der Waals surface area contributed by atoms with Crippen molar-refractivity contribution in [3.8, 4) is 0 Å². The summed E-state index contributed by atoms with van der Waals surface area (Å²) in [6.07, 6.45) is 4.24. The lowest BCUT2D eigenvalue weighted by atomic mass is 9.80. The van der Waals surface area contributed by atoms with Crippen molar-refractivity contribution in [2.75, 3.05) is 30.4 Å². The Bertz CT molecular complexity index is 542. The summed E-state index contributed by atoms with van der Waals surface area (Å²) in [5.41, 5.74) is 0.121. The van der Waals surface area contributed by atoms with Crippen molar-refractivity contribution in [2.45, 2.75) is 51.7 Å². The van der Waals surface area contributed by atoms with Crippen LogP contribution in [0, 0.1) is 0 Å². The van der Waals surface area contributed by atoms with E-state index in [0.717, 1.165) is 30.3 Å². The number of hydrogen-bond acceptors (Lipinski definition) is 6. The maximum atomic E-state index is 6.10. The summed E-state index contributed by atoms with van der Waals surface area (Å²) in [5.74, 6) is 1.55. The van der Waals surface area contributed by atoms with E-state index < -0.39 is 7.12 Å². The first-order chi connectivity index (χ1) is 10.3. The van der Waals surface area contributed by atoms with Crippen LogP contribution in [0.3, 0.4) is 0 Å². The van der Waals surface area contributed by atoms with Crippen molar-refractivity contribution in [3.63, 3.8) is 0 Å². The van der Waals surface area contributed by atoms with Crippen molar-refractivity contribution >= 4 is 24.3 Å². The maximum absolute atomic E-state index is 6.10. The first-order valence-electron chi connectivity index (χ1n) is 7.99. The number of nitrogens with one attached hydrogen (secondary N) is 1. The van der Waals surface area contributed by atoms with Gasteiger partial charge >= 0.3 is 7.12 Å². The second kappa shape index (κ2) is 5.39. The summed E-state index contributed by atoms with van der Waals surface area (Å²) < 4.78 is 12.2. The third-order valence-corrected chi connectivity index (χ3v) is 4.94. The molecular weight excluding hydrogens is 279 g/mol. The molecule has 0 spiro atoms. The van der Waals surface area contributed by atoms with Crippen molar-refractivity contribution in [2.24, 2.45) is 0 Å². The molecule has 22 heavy (non-hydrogen) atoms. The maximum Gasteiger partial charge on any atom is 0.500 e. The zero-order chi connectivity index (χ0) is 16.0. The van der Waals surface area contributed by atoms with Gasteiger partial charge < -0.3 is 19.5 Å². The number of aromatic nitrogens is 2. The highest BCUT2D eigenvalue weighted by molar-refractivity contribution is 6.63. The molecule has 0 radical (unpaired) electrons. The number of nitrogens with zero attached hydrogens (tertiary/aromatic N) is 3.